The molecule has 285 valence electrons. The van der Waals surface area contributed by atoms with E-state index < -0.39 is 80.8 Å². The second kappa shape index (κ2) is 18.3. The minimum atomic E-state index is -4.63. The molecule has 23 nitrogen and oxygen atoms in total. The summed E-state index contributed by atoms with van der Waals surface area (Å²) in [5, 5.41) is 40.9. The van der Waals surface area contributed by atoms with Crippen LogP contribution in [0.2, 0.25) is 0 Å². The number of H-pyrrole nitrogens is 2. The summed E-state index contributed by atoms with van der Waals surface area (Å²) in [6, 6.07) is 0. The standard InChI is InChI=1S/C27H41N8O15P.Na/c1-15-8-34(26(42)32-22(15)40)17-9-33(11-27(12-36,13-37)50-17)2-3-45-4-5-46-6-7-47-51(43,44)48-10-16-19(38)20(39)24(49-16)35-14-29-18-21(35)30-25(28)31-23(18)41;/h8,14,16-17,19-20,24,36-39H,2-7,9-13H2,1H3,(H,43,44)(H,32,40,42)(H3,28,30,31,41);/t16-,17-,19-,20-,24-;/m1./s1. The van der Waals surface area contributed by atoms with E-state index in [2.05, 4.69) is 19.9 Å². The quantitative estimate of drug-likeness (QED) is 0.0364. The van der Waals surface area contributed by atoms with E-state index in [1.54, 1.807) is 0 Å². The summed E-state index contributed by atoms with van der Waals surface area (Å²) in [7, 11) is -4.63. The minimum Gasteiger partial charge on any atom is -0.393 e. The molecule has 0 amide bonds. The Hall–Kier alpha value is -2.42. The molecule has 1 unspecified atom stereocenters. The number of aromatic nitrogens is 6. The van der Waals surface area contributed by atoms with E-state index in [9.17, 15) is 44.3 Å². The van der Waals surface area contributed by atoms with Crippen LogP contribution >= 0.6 is 7.82 Å². The van der Waals surface area contributed by atoms with E-state index in [0.717, 1.165) is 0 Å². The van der Waals surface area contributed by atoms with Gasteiger partial charge in [-0.3, -0.25) is 42.6 Å². The van der Waals surface area contributed by atoms with Crippen LogP contribution in [0.1, 0.15) is 18.0 Å². The molecule has 0 spiro atoms. The van der Waals surface area contributed by atoms with E-state index in [0.29, 0.717) is 6.54 Å². The maximum Gasteiger partial charge on any atom is 0.472 e. The van der Waals surface area contributed by atoms with Crippen LogP contribution in [0.3, 0.4) is 0 Å². The van der Waals surface area contributed by atoms with Gasteiger partial charge in [0, 0.05) is 61.0 Å². The molecule has 2 saturated heterocycles. The van der Waals surface area contributed by atoms with Crippen molar-refractivity contribution >= 4 is 54.5 Å². The zero-order chi connectivity index (χ0) is 36.9. The number of nitrogens with one attached hydrogen (secondary N) is 2. The molecule has 0 saturated carbocycles. The molecule has 2 aliphatic rings. The van der Waals surface area contributed by atoms with Crippen LogP contribution in [0.15, 0.2) is 26.9 Å². The zero-order valence-electron chi connectivity index (χ0n) is 28.4. The maximum absolute atomic E-state index is 12.4. The number of phosphoric acid groups is 1. The van der Waals surface area contributed by atoms with Crippen molar-refractivity contribution in [3.8, 4) is 0 Å². The number of nitrogen functional groups attached to an aromatic ring is 1. The van der Waals surface area contributed by atoms with Crippen LogP contribution in [0, 0.1) is 6.92 Å². The molecule has 5 heterocycles. The number of anilines is 1. The third-order valence-electron chi connectivity index (χ3n) is 8.21. The van der Waals surface area contributed by atoms with Gasteiger partial charge in [-0.05, 0) is 6.92 Å². The fourth-order valence-corrected chi connectivity index (χ4v) is 6.27. The van der Waals surface area contributed by atoms with Crippen molar-refractivity contribution < 1.29 is 57.9 Å². The third kappa shape index (κ3) is 10.0. The molecule has 9 N–H and O–H groups in total. The van der Waals surface area contributed by atoms with Crippen molar-refractivity contribution in [1.82, 2.24) is 34.0 Å². The summed E-state index contributed by atoms with van der Waals surface area (Å²) in [5.74, 6) is -0.203. The first kappa shape index (κ1) is 42.3. The molecular formula is C27H41N8NaO15P. The van der Waals surface area contributed by atoms with E-state index in [1.165, 1.54) is 28.6 Å². The predicted molar refractivity (Wildman–Crippen MR) is 177 cm³/mol. The van der Waals surface area contributed by atoms with Gasteiger partial charge in [-0.25, -0.2) is 14.3 Å². The first-order chi connectivity index (χ1) is 24.3. The minimum absolute atomic E-state index is 0. The summed E-state index contributed by atoms with van der Waals surface area (Å²) in [5.41, 5.74) is 2.60. The summed E-state index contributed by atoms with van der Waals surface area (Å²) in [6.45, 7) is 0.593. The number of morpholine rings is 1. The number of nitrogens with two attached hydrogens (primary N) is 1. The van der Waals surface area contributed by atoms with Gasteiger partial charge >= 0.3 is 13.5 Å². The maximum atomic E-state index is 12.4. The van der Waals surface area contributed by atoms with Gasteiger partial charge in [0.15, 0.2) is 23.6 Å². The third-order valence-corrected chi connectivity index (χ3v) is 9.20. The SMILES string of the molecule is Cc1cn([C@H]2CN(CCOCCOCCOP(=O)(O)OC[C@H]3O[C@@H](n4cnc5c(=O)[nH]c(N)nc54)[C@H](O)[C@@H]3O)CC(CO)(CO)O2)c(=O)[nH]c1=O.[Na]. The Morgan fingerprint density at radius 2 is 1.71 bits per heavy atom. The van der Waals surface area contributed by atoms with E-state index in [4.69, 9.17) is 33.7 Å². The van der Waals surface area contributed by atoms with Gasteiger partial charge < -0.3 is 50.0 Å². The molecule has 25 heteroatoms. The predicted octanol–water partition coefficient (Wildman–Crippen LogP) is -4.48. The van der Waals surface area contributed by atoms with Crippen molar-refractivity contribution in [3.63, 3.8) is 0 Å². The Morgan fingerprint density at radius 3 is 2.42 bits per heavy atom. The number of aliphatic hydroxyl groups is 4. The number of aliphatic hydroxyl groups excluding tert-OH is 4. The molecule has 1 radical (unpaired) electrons. The van der Waals surface area contributed by atoms with Crippen LogP contribution in [0.4, 0.5) is 5.95 Å². The van der Waals surface area contributed by atoms with E-state index in [-0.39, 0.29) is 98.4 Å². The first-order valence-electron chi connectivity index (χ1n) is 15.7. The largest absolute Gasteiger partial charge is 0.472 e. The number of rotatable bonds is 17. The molecule has 0 bridgehead atoms. The number of phosphoric ester groups is 1. The number of imidazole rings is 1. The molecule has 0 aliphatic carbocycles. The first-order valence-corrected chi connectivity index (χ1v) is 17.2. The zero-order valence-corrected chi connectivity index (χ0v) is 31.3. The van der Waals surface area contributed by atoms with Gasteiger partial charge in [0.1, 0.15) is 23.9 Å². The summed E-state index contributed by atoms with van der Waals surface area (Å²) >= 11 is 0. The molecule has 6 atom stereocenters. The second-order valence-electron chi connectivity index (χ2n) is 11.9. The Labute approximate surface area is 316 Å². The number of hydrogen-bond acceptors (Lipinski definition) is 18. The average molecular weight is 772 g/mol. The molecule has 3 aromatic heterocycles. The van der Waals surface area contributed by atoms with Crippen molar-refractivity contribution in [2.75, 3.05) is 78.2 Å². The van der Waals surface area contributed by atoms with Gasteiger partial charge in [0.2, 0.25) is 5.95 Å². The van der Waals surface area contributed by atoms with Crippen LogP contribution in [0.25, 0.3) is 11.2 Å². The molecule has 2 fully saturated rings. The van der Waals surface area contributed by atoms with Gasteiger partial charge in [0.05, 0.1) is 59.2 Å². The van der Waals surface area contributed by atoms with Gasteiger partial charge in [-0.2, -0.15) is 4.98 Å². The van der Waals surface area contributed by atoms with Crippen molar-refractivity contribution in [1.29, 1.82) is 0 Å². The summed E-state index contributed by atoms with van der Waals surface area (Å²) in [6.07, 6.45) is -3.98. The molecule has 3 aromatic rings. The van der Waals surface area contributed by atoms with Gasteiger partial charge in [-0.15, -0.1) is 0 Å². The number of aromatic amines is 2. The van der Waals surface area contributed by atoms with Gasteiger partial charge in [-0.1, -0.05) is 0 Å². The topological polar surface area (TPSA) is 321 Å². The molecular weight excluding hydrogens is 730 g/mol. The van der Waals surface area contributed by atoms with Crippen LogP contribution in [-0.4, -0.2) is 185 Å². The van der Waals surface area contributed by atoms with Crippen molar-refractivity contribution in [2.24, 2.45) is 0 Å². The number of hydrogen-bond donors (Lipinski definition) is 8. The molecule has 52 heavy (non-hydrogen) atoms. The van der Waals surface area contributed by atoms with E-state index in [1.807, 2.05) is 4.90 Å². The number of aryl methyl sites for hydroxylation is 1. The Morgan fingerprint density at radius 1 is 1.02 bits per heavy atom. The molecule has 0 aromatic carbocycles. The smallest absolute Gasteiger partial charge is 0.393 e. The molecule has 2 aliphatic heterocycles. The monoisotopic (exact) mass is 771 g/mol. The normalized spacial score (nSPS) is 24.5. The van der Waals surface area contributed by atoms with E-state index >= 15 is 0 Å². The Kier molecular flexibility index (Phi) is 14.9. The van der Waals surface area contributed by atoms with Gasteiger partial charge in [0.25, 0.3) is 11.1 Å². The second-order valence-corrected chi connectivity index (χ2v) is 13.4. The van der Waals surface area contributed by atoms with Crippen LogP contribution in [0.5, 0.6) is 0 Å². The number of nitrogens with zero attached hydrogens (tertiary/aromatic N) is 5. The van der Waals surface area contributed by atoms with Crippen molar-refractivity contribution in [3.05, 3.63) is 49.3 Å². The van der Waals surface area contributed by atoms with Crippen LogP contribution < -0.4 is 22.5 Å². The fraction of sp³-hybridized carbons (Fsp3) is 0.667. The Bertz CT molecular complexity index is 1870. The van der Waals surface area contributed by atoms with Crippen LogP contribution in [-0.2, 0) is 32.6 Å². The number of fused-ring (bicyclic) bond motifs is 1. The summed E-state index contributed by atoms with van der Waals surface area (Å²) in [4.78, 5) is 60.6. The number of ether oxygens (including phenoxy) is 4. The summed E-state index contributed by atoms with van der Waals surface area (Å²) < 4.78 is 47.1. The average Bonchev–Trinajstić information content (AvgIpc) is 3.64. The fourth-order valence-electron chi connectivity index (χ4n) is 5.55. The Balaban J connectivity index is 0.00000605. The molecule has 5 rings (SSSR count). The van der Waals surface area contributed by atoms with Crippen molar-refractivity contribution in [2.45, 2.75) is 43.3 Å².